The molecule has 1 atom stereocenters. The normalized spacial score (nSPS) is 13.2. The van der Waals surface area contributed by atoms with Crippen LogP contribution in [0.5, 0.6) is 0 Å². The third kappa shape index (κ3) is 2.22. The van der Waals surface area contributed by atoms with Crippen molar-refractivity contribution < 1.29 is 0 Å². The lowest BCUT2D eigenvalue weighted by Gasteiger charge is -2.15. The maximum absolute atomic E-state index is 3.28. The minimum Gasteiger partial charge on any atom is -0.348 e. The van der Waals surface area contributed by atoms with E-state index in [9.17, 15) is 0 Å². The van der Waals surface area contributed by atoms with Crippen LogP contribution in [0.15, 0.2) is 24.3 Å². The summed E-state index contributed by atoms with van der Waals surface area (Å²) in [5.41, 5.74) is 4.09. The van der Waals surface area contributed by atoms with Crippen LogP contribution in [0.4, 0.5) is 0 Å². The Morgan fingerprint density at radius 2 is 2.06 bits per heavy atom. The van der Waals surface area contributed by atoms with E-state index in [-0.39, 0.29) is 0 Å². The number of nitrogens with zero attached hydrogens (tertiary/aromatic N) is 1. The fourth-order valence-corrected chi connectivity index (χ4v) is 2.50. The van der Waals surface area contributed by atoms with Gasteiger partial charge in [-0.1, -0.05) is 13.0 Å². The number of fused-ring (bicyclic) bond motifs is 1. The van der Waals surface area contributed by atoms with E-state index in [1.54, 1.807) is 0 Å². The second-order valence-corrected chi connectivity index (χ2v) is 4.83. The minimum atomic E-state index is 0.616. The Balaban J connectivity index is 2.43. The summed E-state index contributed by atoms with van der Waals surface area (Å²) >= 11 is 0. The molecule has 17 heavy (non-hydrogen) atoms. The molecule has 92 valence electrons. The first-order valence-electron chi connectivity index (χ1n) is 6.38. The molecule has 2 rings (SSSR count). The molecule has 0 aliphatic heterocycles. The van der Waals surface area contributed by atoms with E-state index in [0.29, 0.717) is 5.92 Å². The highest BCUT2D eigenvalue weighted by atomic mass is 14.9. The first-order valence-corrected chi connectivity index (χ1v) is 6.38. The highest BCUT2D eigenvalue weighted by Crippen LogP contribution is 2.25. The van der Waals surface area contributed by atoms with Gasteiger partial charge >= 0.3 is 0 Å². The van der Waals surface area contributed by atoms with E-state index < -0.39 is 0 Å². The summed E-state index contributed by atoms with van der Waals surface area (Å²) in [6.07, 6.45) is 1.18. The fraction of sp³-hybridized carbons (Fsp3) is 0.467. The average molecular weight is 230 g/mol. The molecule has 2 nitrogen and oxygen atoms in total. The second kappa shape index (κ2) is 4.92. The molecule has 0 spiro atoms. The van der Waals surface area contributed by atoms with Gasteiger partial charge in [-0.2, -0.15) is 0 Å². The van der Waals surface area contributed by atoms with Crippen molar-refractivity contribution in [1.82, 2.24) is 9.88 Å². The van der Waals surface area contributed by atoms with Gasteiger partial charge in [0.15, 0.2) is 0 Å². The lowest BCUT2D eigenvalue weighted by Crippen LogP contribution is -2.16. The van der Waals surface area contributed by atoms with Gasteiger partial charge in [0.2, 0.25) is 0 Å². The van der Waals surface area contributed by atoms with E-state index in [0.717, 1.165) is 6.54 Å². The Hall–Kier alpha value is -1.28. The number of hydrogen-bond acceptors (Lipinski definition) is 1. The van der Waals surface area contributed by atoms with Crippen LogP contribution in [0.25, 0.3) is 10.9 Å². The molecule has 0 fully saturated rings. The Labute approximate surface area is 104 Å². The van der Waals surface area contributed by atoms with Gasteiger partial charge in [0.25, 0.3) is 0 Å². The first kappa shape index (κ1) is 12.2. The van der Waals surface area contributed by atoms with Crippen molar-refractivity contribution >= 4 is 10.9 Å². The van der Waals surface area contributed by atoms with Crippen molar-refractivity contribution in [2.75, 3.05) is 13.6 Å². The van der Waals surface area contributed by atoms with Gasteiger partial charge in [0, 0.05) is 30.2 Å². The van der Waals surface area contributed by atoms with Gasteiger partial charge in [-0.15, -0.1) is 0 Å². The number of nitrogens with one attached hydrogen (secondary N) is 1. The summed E-state index contributed by atoms with van der Waals surface area (Å²) < 4.78 is 2.25. The molecule has 2 heteroatoms. The standard InChI is InChI=1S/C15H22N2/c1-5-12(10-16-3)13-6-7-15-14(9-13)8-11(2)17(15)4/h6-9,12,16H,5,10H2,1-4H3. The highest BCUT2D eigenvalue weighted by Gasteiger charge is 2.10. The van der Waals surface area contributed by atoms with Crippen molar-refractivity contribution in [3.63, 3.8) is 0 Å². The molecule has 0 saturated heterocycles. The van der Waals surface area contributed by atoms with Crippen LogP contribution in [0.1, 0.15) is 30.5 Å². The van der Waals surface area contributed by atoms with Crippen LogP contribution in [-0.4, -0.2) is 18.2 Å². The maximum atomic E-state index is 3.28. The molecule has 1 aromatic carbocycles. The van der Waals surface area contributed by atoms with Crippen LogP contribution >= 0.6 is 0 Å². The smallest absolute Gasteiger partial charge is 0.0479 e. The largest absolute Gasteiger partial charge is 0.348 e. The molecule has 2 aromatic rings. The van der Waals surface area contributed by atoms with Crippen LogP contribution in [0, 0.1) is 6.92 Å². The Kier molecular flexibility index (Phi) is 3.53. The van der Waals surface area contributed by atoms with Crippen molar-refractivity contribution in [2.24, 2.45) is 7.05 Å². The van der Waals surface area contributed by atoms with Crippen LogP contribution in [0.3, 0.4) is 0 Å². The van der Waals surface area contributed by atoms with Crippen molar-refractivity contribution in [3.8, 4) is 0 Å². The predicted molar refractivity (Wildman–Crippen MR) is 74.6 cm³/mol. The Bertz CT molecular complexity index is 511. The summed E-state index contributed by atoms with van der Waals surface area (Å²) in [6.45, 7) is 5.46. The molecule has 0 aliphatic carbocycles. The monoisotopic (exact) mass is 230 g/mol. The van der Waals surface area contributed by atoms with Gasteiger partial charge in [-0.05, 0) is 50.1 Å². The van der Waals surface area contributed by atoms with E-state index in [2.05, 4.69) is 55.0 Å². The lowest BCUT2D eigenvalue weighted by atomic mass is 9.95. The molecule has 0 radical (unpaired) electrons. The third-order valence-electron chi connectivity index (χ3n) is 3.72. The van der Waals surface area contributed by atoms with Crippen molar-refractivity contribution in [1.29, 1.82) is 0 Å². The van der Waals surface area contributed by atoms with E-state index in [1.807, 2.05) is 7.05 Å². The first-order chi connectivity index (χ1) is 8.17. The predicted octanol–water partition coefficient (Wildman–Crippen LogP) is 3.20. The highest BCUT2D eigenvalue weighted by molar-refractivity contribution is 5.82. The summed E-state index contributed by atoms with van der Waals surface area (Å²) in [4.78, 5) is 0. The summed E-state index contributed by atoms with van der Waals surface area (Å²) in [7, 11) is 4.15. The number of likely N-dealkylation sites (N-methyl/N-ethyl adjacent to an activating group) is 1. The average Bonchev–Trinajstić information content (AvgIpc) is 2.61. The second-order valence-electron chi connectivity index (χ2n) is 4.83. The Morgan fingerprint density at radius 3 is 2.71 bits per heavy atom. The van der Waals surface area contributed by atoms with E-state index >= 15 is 0 Å². The van der Waals surface area contributed by atoms with Crippen LogP contribution in [0.2, 0.25) is 0 Å². The van der Waals surface area contributed by atoms with Crippen LogP contribution < -0.4 is 5.32 Å². The summed E-state index contributed by atoms with van der Waals surface area (Å²) in [5, 5.41) is 4.64. The molecular formula is C15H22N2. The topological polar surface area (TPSA) is 17.0 Å². The van der Waals surface area contributed by atoms with Crippen LogP contribution in [-0.2, 0) is 7.05 Å². The quantitative estimate of drug-likeness (QED) is 0.853. The van der Waals surface area contributed by atoms with E-state index in [4.69, 9.17) is 0 Å². The molecule has 1 heterocycles. The summed E-state index contributed by atoms with van der Waals surface area (Å²) in [5.74, 6) is 0.616. The van der Waals surface area contributed by atoms with Crippen molar-refractivity contribution in [3.05, 3.63) is 35.5 Å². The number of hydrogen-bond donors (Lipinski definition) is 1. The number of aromatic nitrogens is 1. The molecular weight excluding hydrogens is 208 g/mol. The molecule has 0 saturated carbocycles. The molecule has 1 unspecified atom stereocenters. The third-order valence-corrected chi connectivity index (χ3v) is 3.72. The van der Waals surface area contributed by atoms with Gasteiger partial charge in [-0.3, -0.25) is 0 Å². The molecule has 1 aromatic heterocycles. The maximum Gasteiger partial charge on any atom is 0.0479 e. The SMILES string of the molecule is CCC(CNC)c1ccc2c(c1)cc(C)n2C. The minimum absolute atomic E-state index is 0.616. The zero-order valence-electron chi connectivity index (χ0n) is 11.2. The molecule has 1 N–H and O–H groups in total. The number of aryl methyl sites for hydroxylation is 2. The number of benzene rings is 1. The van der Waals surface area contributed by atoms with Gasteiger partial charge in [-0.25, -0.2) is 0 Å². The van der Waals surface area contributed by atoms with Gasteiger partial charge in [0.05, 0.1) is 0 Å². The van der Waals surface area contributed by atoms with Gasteiger partial charge in [0.1, 0.15) is 0 Å². The zero-order chi connectivity index (χ0) is 12.4. The fourth-order valence-electron chi connectivity index (χ4n) is 2.50. The lowest BCUT2D eigenvalue weighted by molar-refractivity contribution is 0.612. The molecule has 0 amide bonds. The molecule has 0 bridgehead atoms. The Morgan fingerprint density at radius 1 is 1.29 bits per heavy atom. The molecule has 0 aliphatic rings. The van der Waals surface area contributed by atoms with Crippen molar-refractivity contribution in [2.45, 2.75) is 26.2 Å². The number of rotatable bonds is 4. The van der Waals surface area contributed by atoms with Gasteiger partial charge < -0.3 is 9.88 Å². The summed E-state index contributed by atoms with van der Waals surface area (Å²) in [6, 6.07) is 9.13. The van der Waals surface area contributed by atoms with E-state index in [1.165, 1.54) is 28.6 Å². The zero-order valence-corrected chi connectivity index (χ0v) is 11.2.